The molecule has 0 radical (unpaired) electrons. The summed E-state index contributed by atoms with van der Waals surface area (Å²) in [7, 11) is 3.93. The molecule has 10 heterocycles. The van der Waals surface area contributed by atoms with Gasteiger partial charge in [0.2, 0.25) is 0 Å². The standard InChI is InChI=1S/2C9H7N.C8H8N2.2C8H6N2.2C8H6.C7H5N.C5H5N.C4H6N2.3C4H4N2.2C4H4.C3H3N.C2H2N2.14CH4.7K/c1-2-6-9-8(4-1)5-3-7-10-9;1-2-4-9-7-10-6-5-8(9)3-1;1-10-6-9-7-4-2-3-5-8(7)10;1-2-4-8-7(3-1)5-9-6-10-8;1-2-4-8-7(3-1)9-5-6-10-8;2*1-2-8-6-4-3-5-7-8;1-8-7-5-3-2-4-6-7;1-2-4-6-5-3-1;1-6-3-2-5-4-6;1-2-6-4-3-5-1;1-2-5-4-6-3-1;1-2-4-6-5-3-1;4*1-3-4-2;;;;;;;;;;;;;;;;;;;;;/h2*1-7H;2-6H,1H3;2*1-6H;2*1-6H;1-5H;1-5H;2-4H,1H3;3*1-4H;2*1-4H;1-3H;1-2H;14*1H4;;;;;;;/q;;;;;3*-2;;;;;;4*-2;;;;;;;;;;;;;;;7*+1. The zero-order valence-corrected chi connectivity index (χ0v) is 95.0. The van der Waals surface area contributed by atoms with Gasteiger partial charge in [0.25, 0.3) is 0 Å². The summed E-state index contributed by atoms with van der Waals surface area (Å²) in [4.78, 5) is 57.2. The zero-order chi connectivity index (χ0) is 86.7. The van der Waals surface area contributed by atoms with Gasteiger partial charge in [-0.1, -0.05) is 201 Å². The average Bonchev–Trinajstić information content (AvgIpc) is 1.71. The molecule has 8 aromatic carbocycles. The first kappa shape index (κ1) is 184. The molecule has 10 aromatic heterocycles. The molecule has 0 saturated carbocycles. The van der Waals surface area contributed by atoms with Crippen molar-refractivity contribution in [1.29, 1.82) is 0 Å². The fourth-order valence-electron chi connectivity index (χ4n) is 7.84. The molecule has 0 saturated heterocycles. The third-order valence-electron chi connectivity index (χ3n) is 13.2. The number of aliphatic imine (C=N–C) groups is 2. The Morgan fingerprint density at radius 1 is 0.277 bits per heavy atom. The number of fused-ring (bicyclic) bond motifs is 5. The van der Waals surface area contributed by atoms with E-state index >= 15 is 0 Å². The van der Waals surface area contributed by atoms with Crippen molar-refractivity contribution in [2.45, 2.75) is 104 Å². The molecule has 0 bridgehead atoms. The van der Waals surface area contributed by atoms with Crippen molar-refractivity contribution in [2.75, 3.05) is 0 Å². The molecular weight excluding hydrogens is 1930 g/mol. The minimum Gasteiger partial charge on any atom is -0.601 e. The predicted molar refractivity (Wildman–Crippen MR) is 582 cm³/mol. The summed E-state index contributed by atoms with van der Waals surface area (Å²) in [6.07, 6.45) is 46.9. The Labute approximate surface area is 1150 Å². The first-order chi connectivity index (χ1) is 59.1. The summed E-state index contributed by atoms with van der Waals surface area (Å²) in [5, 5.41) is 17.1. The van der Waals surface area contributed by atoms with Gasteiger partial charge in [0, 0.05) is 136 Å². The van der Waals surface area contributed by atoms with E-state index < -0.39 is 0 Å². The quantitative estimate of drug-likeness (QED) is 0.0479. The predicted octanol–water partition coefficient (Wildman–Crippen LogP) is 8.23. The average molecular weight is 2070 g/mol. The molecule has 18 aromatic rings. The number of benzene rings is 8. The van der Waals surface area contributed by atoms with Crippen molar-refractivity contribution in [3.05, 3.63) is 491 Å². The molecule has 0 unspecified atom stereocenters. The van der Waals surface area contributed by atoms with E-state index in [1.165, 1.54) is 64.5 Å². The van der Waals surface area contributed by atoms with Crippen molar-refractivity contribution in [3.63, 3.8) is 0 Å². The van der Waals surface area contributed by atoms with Gasteiger partial charge in [-0.3, -0.25) is 41.0 Å². The van der Waals surface area contributed by atoms with Crippen LogP contribution in [-0.2, 0) is 14.1 Å². The number of hydrogen-bond donors (Lipinski definition) is 0. The maximum atomic E-state index is 5.19. The van der Waals surface area contributed by atoms with Crippen molar-refractivity contribution in [1.82, 2.24) is 84.1 Å². The minimum atomic E-state index is 0. The van der Waals surface area contributed by atoms with E-state index in [1.54, 1.807) is 111 Å². The Hall–Kier alpha value is -5.36. The number of aryl methyl sites for hydroxylation is 2. The number of nitrogens with zero attached hydrogens (tertiary/aromatic N) is 21. The van der Waals surface area contributed by atoms with Crippen molar-refractivity contribution < 1.29 is 360 Å². The Morgan fingerprint density at radius 3 is 0.965 bits per heavy atom. The van der Waals surface area contributed by atoms with Gasteiger partial charge in [0.1, 0.15) is 12.7 Å². The second-order valence-corrected chi connectivity index (χ2v) is 21.5. The molecule has 714 valence electrons. The Kier molecular flexibility index (Phi) is 181. The molecule has 0 atom stereocenters. The van der Waals surface area contributed by atoms with Crippen LogP contribution in [0.15, 0.2) is 436 Å². The van der Waals surface area contributed by atoms with Crippen LogP contribution in [0.25, 0.3) is 66.8 Å². The number of hydrogen-bond acceptors (Lipinski definition) is 19. The van der Waals surface area contributed by atoms with Crippen molar-refractivity contribution >= 4 is 99.4 Å². The van der Waals surface area contributed by atoms with E-state index in [4.69, 9.17) is 46.2 Å². The number of rotatable bonds is 7. The van der Waals surface area contributed by atoms with Gasteiger partial charge in [-0.15, -0.1) is 12.1 Å². The van der Waals surface area contributed by atoms with Crippen LogP contribution in [0.5, 0.6) is 0 Å². The maximum absolute atomic E-state index is 5.19. The summed E-state index contributed by atoms with van der Waals surface area (Å²) in [6, 6.07) is 88.4. The van der Waals surface area contributed by atoms with E-state index in [1.807, 2.05) is 261 Å². The Morgan fingerprint density at radius 2 is 0.660 bits per heavy atom. The summed E-state index contributed by atoms with van der Waals surface area (Å²) < 4.78 is 3.90. The largest absolute Gasteiger partial charge is 1.00 e. The molecule has 18 rings (SSSR count). The minimum absolute atomic E-state index is 0. The molecule has 28 heteroatoms. The molecular formula is C113H143K7N21-7. The van der Waals surface area contributed by atoms with Crippen LogP contribution in [-0.4, -0.2) is 111 Å². The topological polar surface area (TPSA) is 253 Å². The van der Waals surface area contributed by atoms with Gasteiger partial charge in [-0.05, 0) is 89.6 Å². The normalized spacial score (nSPS) is 7.33. The molecule has 0 spiro atoms. The molecule has 0 aliphatic carbocycles. The molecule has 0 aliphatic rings. The molecule has 0 amide bonds. The van der Waals surface area contributed by atoms with Gasteiger partial charge < -0.3 is 143 Å². The van der Waals surface area contributed by atoms with E-state index in [9.17, 15) is 0 Å². The van der Waals surface area contributed by atoms with Crippen LogP contribution in [0, 0.1) is 64.3 Å². The summed E-state index contributed by atoms with van der Waals surface area (Å²) in [5.74, 6) is 0. The summed E-state index contributed by atoms with van der Waals surface area (Å²) >= 11 is 0. The number of aromatic nitrogens is 17. The molecule has 141 heavy (non-hydrogen) atoms. The molecule has 0 fully saturated rings. The van der Waals surface area contributed by atoms with Gasteiger partial charge in [0.15, 0.2) is 0 Å². The SMILES string of the molecule is C.C.C.C.C.C.C.C.C.C.C.C.C.C.Cn1ccnc1.Cn1cnc2ccccc21.[CH-]=CC=[CH-].[CH-]=CC=[CH-].[CH-]=CN=[CH-].[CH-]=Cc1[c-]cccc1.[CH-]=Cc1[c-]cccc1.[CH-]=NN=[CH-].[CH-]=Nc1[c-]cccc1.[K+].[K+].[K+].[K+].[K+].[K+].[K+].c1ccc2cnccc2c1.c1ccc2ncccc2c1.c1ccc2nccnc2c1.c1ccc2ncncc2c1.c1ccncc1.c1ccnnc1.c1cnccn1.c1cncnc1. The van der Waals surface area contributed by atoms with Crippen LogP contribution in [0.2, 0.25) is 0 Å². The number of allylic oxidation sites excluding steroid dienone is 4. The first-order valence-electron chi connectivity index (χ1n) is 35.5. The number of imidazole rings is 2. The van der Waals surface area contributed by atoms with Crippen LogP contribution in [0.3, 0.4) is 0 Å². The van der Waals surface area contributed by atoms with Gasteiger partial charge in [-0.25, -0.2) is 65.9 Å². The van der Waals surface area contributed by atoms with Gasteiger partial charge in [0.05, 0.1) is 45.8 Å². The summed E-state index contributed by atoms with van der Waals surface area (Å²) in [6.45, 7) is 52.0. The molecule has 21 nitrogen and oxygen atoms in total. The Bertz CT molecular complexity index is 4630. The second kappa shape index (κ2) is 139. The second-order valence-electron chi connectivity index (χ2n) is 21.5. The summed E-state index contributed by atoms with van der Waals surface area (Å²) in [5.41, 5.74) is 8.76. The van der Waals surface area contributed by atoms with Crippen LogP contribution in [0.1, 0.15) is 115 Å². The number of pyridine rings is 3. The van der Waals surface area contributed by atoms with E-state index in [0.29, 0.717) is 5.69 Å². The van der Waals surface area contributed by atoms with E-state index in [0.717, 1.165) is 50.3 Å². The fraction of sp³-hybridized carbons (Fsp3) is 0.142. The third-order valence-corrected chi connectivity index (χ3v) is 13.2. The zero-order valence-electron chi connectivity index (χ0n) is 73.2. The van der Waals surface area contributed by atoms with E-state index in [2.05, 4.69) is 170 Å². The van der Waals surface area contributed by atoms with Crippen LogP contribution < -0.4 is 360 Å². The van der Waals surface area contributed by atoms with Gasteiger partial charge >= 0.3 is 360 Å². The van der Waals surface area contributed by atoms with Crippen LogP contribution in [0.4, 0.5) is 5.69 Å². The monoisotopic (exact) mass is 2070 g/mol. The third kappa shape index (κ3) is 103. The smallest absolute Gasteiger partial charge is 0.601 e. The van der Waals surface area contributed by atoms with Crippen molar-refractivity contribution in [2.24, 2.45) is 34.3 Å². The van der Waals surface area contributed by atoms with Crippen LogP contribution >= 0.6 is 0 Å². The Balaban J connectivity index is -0.0000000612. The maximum Gasteiger partial charge on any atom is 1.00 e. The number of para-hydroxylation sites is 7. The molecule has 0 N–H and O–H groups in total. The molecule has 0 aliphatic heterocycles. The van der Waals surface area contributed by atoms with Gasteiger partial charge in [-0.2, -0.15) is 66.1 Å². The van der Waals surface area contributed by atoms with Crippen molar-refractivity contribution in [3.8, 4) is 0 Å². The fourth-order valence-corrected chi connectivity index (χ4v) is 7.84. The van der Waals surface area contributed by atoms with E-state index in [-0.39, 0.29) is 464 Å². The first-order valence-corrected chi connectivity index (χ1v) is 35.5.